The predicted molar refractivity (Wildman–Crippen MR) is 45.4 cm³/mol. The number of hydrogen-bond donors (Lipinski definition) is 1. The molecule has 0 heterocycles. The van der Waals surface area contributed by atoms with E-state index in [1.54, 1.807) is 0 Å². The van der Waals surface area contributed by atoms with Crippen molar-refractivity contribution in [1.82, 2.24) is 0 Å². The Morgan fingerprint density at radius 2 is 2.21 bits per heavy atom. The Bertz CT molecular complexity index is 304. The quantitative estimate of drug-likeness (QED) is 0.653. The zero-order chi connectivity index (χ0) is 10.7. The molecule has 0 saturated heterocycles. The molecular formula is C9H10O5. The van der Waals surface area contributed by atoms with Crippen LogP contribution < -0.4 is 0 Å². The molecule has 0 spiro atoms. The van der Waals surface area contributed by atoms with Crippen LogP contribution in [0.4, 0.5) is 0 Å². The number of carboxylic acids is 1. The number of aliphatic carboxylic acids is 1. The fraction of sp³-hybridized carbons (Fsp3) is 0.444. The fourth-order valence-electron chi connectivity index (χ4n) is 1.33. The van der Waals surface area contributed by atoms with Crippen LogP contribution in [0.25, 0.3) is 0 Å². The Balaban J connectivity index is 2.65. The molecule has 0 aliphatic heterocycles. The number of rotatable bonds is 3. The number of allylic oxidation sites excluding steroid dienone is 1. The number of esters is 1. The molecule has 2 unspecified atom stereocenters. The maximum Gasteiger partial charge on any atom is 0.304 e. The minimum Gasteiger partial charge on any atom is -0.481 e. The summed E-state index contributed by atoms with van der Waals surface area (Å²) >= 11 is 0. The lowest BCUT2D eigenvalue weighted by molar-refractivity contribution is -0.150. The molecular weight excluding hydrogens is 188 g/mol. The van der Waals surface area contributed by atoms with Crippen molar-refractivity contribution >= 4 is 17.7 Å². The van der Waals surface area contributed by atoms with E-state index in [1.807, 2.05) is 0 Å². The van der Waals surface area contributed by atoms with E-state index < -0.39 is 24.0 Å². The number of ether oxygens (including phenoxy) is 1. The minimum absolute atomic E-state index is 0.307. The average Bonchev–Trinajstić information content (AvgIpc) is 2.34. The molecule has 0 aromatic heterocycles. The summed E-state index contributed by atoms with van der Waals surface area (Å²) in [6.07, 6.45) is 1.62. The van der Waals surface area contributed by atoms with Gasteiger partial charge in [-0.25, -0.2) is 0 Å². The van der Waals surface area contributed by atoms with Crippen molar-refractivity contribution in [2.24, 2.45) is 5.92 Å². The van der Waals surface area contributed by atoms with Crippen molar-refractivity contribution in [3.63, 3.8) is 0 Å². The number of carboxylic acid groups (broad SMARTS) is 1. The van der Waals surface area contributed by atoms with Gasteiger partial charge in [0, 0.05) is 6.92 Å². The molecule has 0 aromatic carbocycles. The van der Waals surface area contributed by atoms with Crippen molar-refractivity contribution in [3.8, 4) is 0 Å². The Morgan fingerprint density at radius 1 is 1.57 bits per heavy atom. The van der Waals surface area contributed by atoms with E-state index >= 15 is 0 Å². The second-order valence-corrected chi connectivity index (χ2v) is 3.04. The number of carbonyl (C=O) groups excluding carboxylic acids is 2. The van der Waals surface area contributed by atoms with Gasteiger partial charge >= 0.3 is 11.9 Å². The summed E-state index contributed by atoms with van der Waals surface area (Å²) in [6.45, 7) is 1.22. The lowest BCUT2D eigenvalue weighted by Crippen LogP contribution is -2.27. The van der Waals surface area contributed by atoms with Gasteiger partial charge in [0.2, 0.25) is 0 Å². The highest BCUT2D eigenvalue weighted by molar-refractivity contribution is 5.97. The Hall–Kier alpha value is -1.65. The fourth-order valence-corrected chi connectivity index (χ4v) is 1.33. The van der Waals surface area contributed by atoms with E-state index in [0.717, 1.165) is 0 Å². The molecule has 1 aliphatic rings. The smallest absolute Gasteiger partial charge is 0.304 e. The number of hydrogen-bond acceptors (Lipinski definition) is 4. The van der Waals surface area contributed by atoms with Crippen LogP contribution in [-0.4, -0.2) is 28.9 Å². The van der Waals surface area contributed by atoms with Gasteiger partial charge in [0.05, 0.1) is 12.3 Å². The van der Waals surface area contributed by atoms with Gasteiger partial charge in [-0.1, -0.05) is 0 Å². The highest BCUT2D eigenvalue weighted by Gasteiger charge is 2.34. The molecule has 0 fully saturated rings. The van der Waals surface area contributed by atoms with E-state index in [2.05, 4.69) is 0 Å². The van der Waals surface area contributed by atoms with Gasteiger partial charge in [0.1, 0.15) is 6.10 Å². The summed E-state index contributed by atoms with van der Waals surface area (Å²) in [4.78, 5) is 32.2. The highest BCUT2D eigenvalue weighted by Crippen LogP contribution is 2.22. The largest absolute Gasteiger partial charge is 0.481 e. The molecule has 2 atom stereocenters. The topological polar surface area (TPSA) is 80.7 Å². The van der Waals surface area contributed by atoms with Gasteiger partial charge in [-0.05, 0) is 12.2 Å². The second-order valence-electron chi connectivity index (χ2n) is 3.04. The molecule has 1 aliphatic carbocycles. The number of ketones is 1. The van der Waals surface area contributed by atoms with Crippen molar-refractivity contribution in [2.75, 3.05) is 0 Å². The molecule has 0 saturated carbocycles. The van der Waals surface area contributed by atoms with Crippen LogP contribution in [0.2, 0.25) is 0 Å². The zero-order valence-electron chi connectivity index (χ0n) is 7.60. The number of carbonyl (C=O) groups is 3. The van der Waals surface area contributed by atoms with Crippen LogP contribution in [0.5, 0.6) is 0 Å². The third kappa shape index (κ3) is 2.42. The summed E-state index contributed by atoms with van der Waals surface area (Å²) in [5.41, 5.74) is 0. The second kappa shape index (κ2) is 4.04. The molecule has 0 radical (unpaired) electrons. The summed E-state index contributed by atoms with van der Waals surface area (Å²) in [5, 5.41) is 8.52. The summed E-state index contributed by atoms with van der Waals surface area (Å²) in [6, 6.07) is 0. The van der Waals surface area contributed by atoms with Gasteiger partial charge in [-0.2, -0.15) is 0 Å². The monoisotopic (exact) mass is 198 g/mol. The maximum absolute atomic E-state index is 11.2. The van der Waals surface area contributed by atoms with E-state index in [1.165, 1.54) is 19.1 Å². The van der Waals surface area contributed by atoms with Crippen LogP contribution in [-0.2, 0) is 19.1 Å². The lowest BCUT2D eigenvalue weighted by atomic mass is 10.00. The first kappa shape index (κ1) is 10.4. The zero-order valence-corrected chi connectivity index (χ0v) is 7.60. The van der Waals surface area contributed by atoms with E-state index in [9.17, 15) is 14.4 Å². The first-order chi connectivity index (χ1) is 6.50. The van der Waals surface area contributed by atoms with E-state index in [0.29, 0.717) is 0 Å². The highest BCUT2D eigenvalue weighted by atomic mass is 16.5. The van der Waals surface area contributed by atoms with Crippen LogP contribution in [0.15, 0.2) is 12.2 Å². The molecule has 0 bridgehead atoms. The predicted octanol–water partition coefficient (Wildman–Crippen LogP) is 0.148. The van der Waals surface area contributed by atoms with Crippen molar-refractivity contribution in [1.29, 1.82) is 0 Å². The van der Waals surface area contributed by atoms with Gasteiger partial charge in [0.15, 0.2) is 5.78 Å². The van der Waals surface area contributed by atoms with Crippen LogP contribution >= 0.6 is 0 Å². The van der Waals surface area contributed by atoms with Crippen LogP contribution in [0.3, 0.4) is 0 Å². The Morgan fingerprint density at radius 3 is 2.71 bits per heavy atom. The standard InChI is InChI=1S/C9H10O5/c1-5(10)14-8-3-2-7(11)6(8)4-9(12)13/h2-3,6,8H,4H2,1H3,(H,12,13). The maximum atomic E-state index is 11.2. The third-order valence-electron chi connectivity index (χ3n) is 1.91. The van der Waals surface area contributed by atoms with Gasteiger partial charge in [-0.15, -0.1) is 0 Å². The normalized spacial score (nSPS) is 25.1. The minimum atomic E-state index is -1.08. The third-order valence-corrected chi connectivity index (χ3v) is 1.91. The Labute approximate surface area is 80.4 Å². The molecule has 0 aromatic rings. The first-order valence-electron chi connectivity index (χ1n) is 4.11. The van der Waals surface area contributed by atoms with Gasteiger partial charge in [-0.3, -0.25) is 14.4 Å². The molecule has 5 heteroatoms. The molecule has 5 nitrogen and oxygen atoms in total. The average molecular weight is 198 g/mol. The molecule has 0 amide bonds. The molecule has 1 rings (SSSR count). The molecule has 76 valence electrons. The lowest BCUT2D eigenvalue weighted by Gasteiger charge is -2.15. The van der Waals surface area contributed by atoms with Gasteiger partial charge < -0.3 is 9.84 Å². The molecule has 14 heavy (non-hydrogen) atoms. The Kier molecular flexibility index (Phi) is 3.01. The summed E-state index contributed by atoms with van der Waals surface area (Å²) in [5.74, 6) is -2.68. The summed E-state index contributed by atoms with van der Waals surface area (Å²) < 4.78 is 4.79. The van der Waals surface area contributed by atoms with Crippen molar-refractivity contribution in [2.45, 2.75) is 19.4 Å². The molecule has 1 N–H and O–H groups in total. The first-order valence-corrected chi connectivity index (χ1v) is 4.11. The van der Waals surface area contributed by atoms with E-state index in [4.69, 9.17) is 9.84 Å². The van der Waals surface area contributed by atoms with Crippen LogP contribution in [0, 0.1) is 5.92 Å². The van der Waals surface area contributed by atoms with Gasteiger partial charge in [0.25, 0.3) is 0 Å². The van der Waals surface area contributed by atoms with Crippen molar-refractivity contribution < 1.29 is 24.2 Å². The summed E-state index contributed by atoms with van der Waals surface area (Å²) in [7, 11) is 0. The van der Waals surface area contributed by atoms with E-state index in [-0.39, 0.29) is 12.2 Å². The van der Waals surface area contributed by atoms with Crippen molar-refractivity contribution in [3.05, 3.63) is 12.2 Å². The SMILES string of the molecule is CC(=O)OC1C=CC(=O)C1CC(=O)O. The van der Waals surface area contributed by atoms with Crippen LogP contribution in [0.1, 0.15) is 13.3 Å².